The van der Waals surface area contributed by atoms with Crippen LogP contribution in [0.3, 0.4) is 0 Å². The lowest BCUT2D eigenvalue weighted by Gasteiger charge is -2.28. The first-order valence-electron chi connectivity index (χ1n) is 8.64. The second kappa shape index (κ2) is 8.62. The highest BCUT2D eigenvalue weighted by atomic mass is 32.2. The number of benzene rings is 2. The van der Waals surface area contributed by atoms with Gasteiger partial charge >= 0.3 is 0 Å². The first kappa shape index (κ1) is 18.8. The molecule has 3 nitrogen and oxygen atoms in total. The van der Waals surface area contributed by atoms with Crippen molar-refractivity contribution in [1.82, 2.24) is 4.31 Å². The van der Waals surface area contributed by atoms with E-state index < -0.39 is 10.0 Å². The van der Waals surface area contributed by atoms with Crippen LogP contribution in [0.4, 0.5) is 0 Å². The van der Waals surface area contributed by atoms with Crippen LogP contribution < -0.4 is 0 Å². The molecule has 0 saturated heterocycles. The van der Waals surface area contributed by atoms with Gasteiger partial charge < -0.3 is 0 Å². The van der Waals surface area contributed by atoms with E-state index in [2.05, 4.69) is 6.07 Å². The Hall–Kier alpha value is -1.95. The summed E-state index contributed by atoms with van der Waals surface area (Å²) in [5.41, 5.74) is 1.82. The SMILES string of the molecule is CC(Cc1cccs1)N(Cc1ccccc1)S(=O)(=O)Cc1ccccc1. The number of thiophene rings is 1. The second-order valence-electron chi connectivity index (χ2n) is 6.41. The summed E-state index contributed by atoms with van der Waals surface area (Å²) < 4.78 is 28.1. The van der Waals surface area contributed by atoms with Crippen molar-refractivity contribution in [3.63, 3.8) is 0 Å². The molecular weight excluding hydrogens is 362 g/mol. The Balaban J connectivity index is 1.85. The summed E-state index contributed by atoms with van der Waals surface area (Å²) in [6, 6.07) is 23.1. The van der Waals surface area contributed by atoms with Crippen molar-refractivity contribution in [2.24, 2.45) is 0 Å². The fourth-order valence-electron chi connectivity index (χ4n) is 2.98. The minimum Gasteiger partial charge on any atom is -0.212 e. The van der Waals surface area contributed by atoms with Crippen LogP contribution in [0.2, 0.25) is 0 Å². The van der Waals surface area contributed by atoms with Crippen LogP contribution in [0.5, 0.6) is 0 Å². The zero-order chi connectivity index (χ0) is 18.4. The summed E-state index contributed by atoms with van der Waals surface area (Å²) >= 11 is 1.67. The fraction of sp³-hybridized carbons (Fsp3) is 0.238. The minimum absolute atomic E-state index is 0.0233. The Morgan fingerprint density at radius 2 is 1.50 bits per heavy atom. The maximum Gasteiger partial charge on any atom is 0.218 e. The molecule has 0 saturated carbocycles. The summed E-state index contributed by atoms with van der Waals surface area (Å²) in [4.78, 5) is 1.20. The molecule has 0 radical (unpaired) electrons. The molecule has 5 heteroatoms. The molecule has 0 spiro atoms. The smallest absolute Gasteiger partial charge is 0.212 e. The molecule has 0 N–H and O–H groups in total. The number of nitrogens with zero attached hydrogens (tertiary/aromatic N) is 1. The molecule has 2 aromatic carbocycles. The molecule has 3 rings (SSSR count). The summed E-state index contributed by atoms with van der Waals surface area (Å²) in [6.07, 6.45) is 0.721. The molecule has 0 amide bonds. The van der Waals surface area contributed by atoms with Gasteiger partial charge in [0.15, 0.2) is 0 Å². The van der Waals surface area contributed by atoms with Crippen molar-refractivity contribution in [2.45, 2.75) is 31.7 Å². The lowest BCUT2D eigenvalue weighted by Crippen LogP contribution is -2.39. The third kappa shape index (κ3) is 5.04. The summed E-state index contributed by atoms with van der Waals surface area (Å²) in [5.74, 6) is 0.0233. The predicted molar refractivity (Wildman–Crippen MR) is 109 cm³/mol. The molecular formula is C21H23NO2S2. The Kier molecular flexibility index (Phi) is 6.25. The van der Waals surface area contributed by atoms with Crippen LogP contribution in [0.15, 0.2) is 78.2 Å². The average Bonchev–Trinajstić information content (AvgIpc) is 3.14. The van der Waals surface area contributed by atoms with E-state index in [9.17, 15) is 8.42 Å². The standard InChI is InChI=1S/C21H23NO2S2/c1-18(15-21-13-8-14-25-21)22(16-19-9-4-2-5-10-19)26(23,24)17-20-11-6-3-7-12-20/h2-14,18H,15-17H2,1H3. The van der Waals surface area contributed by atoms with Gasteiger partial charge in [-0.05, 0) is 35.9 Å². The molecule has 0 aliphatic rings. The molecule has 3 aromatic rings. The average molecular weight is 386 g/mol. The van der Waals surface area contributed by atoms with Gasteiger partial charge in [0.2, 0.25) is 10.0 Å². The van der Waals surface area contributed by atoms with Gasteiger partial charge in [-0.1, -0.05) is 66.7 Å². The Labute approximate surface area is 160 Å². The van der Waals surface area contributed by atoms with E-state index in [-0.39, 0.29) is 11.8 Å². The van der Waals surface area contributed by atoms with Crippen LogP contribution >= 0.6 is 11.3 Å². The lowest BCUT2D eigenvalue weighted by atomic mass is 10.1. The van der Waals surface area contributed by atoms with Gasteiger partial charge in [0, 0.05) is 17.5 Å². The highest BCUT2D eigenvalue weighted by Crippen LogP contribution is 2.21. The molecule has 26 heavy (non-hydrogen) atoms. The summed E-state index contributed by atoms with van der Waals surface area (Å²) in [5, 5.41) is 2.03. The molecule has 1 aromatic heterocycles. The van der Waals surface area contributed by atoms with Crippen molar-refractivity contribution in [1.29, 1.82) is 0 Å². The first-order chi connectivity index (χ1) is 12.5. The van der Waals surface area contributed by atoms with Crippen LogP contribution in [-0.4, -0.2) is 18.8 Å². The van der Waals surface area contributed by atoms with Gasteiger partial charge in [0.1, 0.15) is 0 Å². The third-order valence-corrected chi connectivity index (χ3v) is 7.10. The van der Waals surface area contributed by atoms with Crippen LogP contribution in [0, 0.1) is 0 Å². The molecule has 0 aliphatic heterocycles. The highest BCUT2D eigenvalue weighted by Gasteiger charge is 2.28. The summed E-state index contributed by atoms with van der Waals surface area (Å²) in [7, 11) is -3.44. The number of hydrogen-bond donors (Lipinski definition) is 0. The fourth-order valence-corrected chi connectivity index (χ4v) is 5.56. The normalized spacial score (nSPS) is 13.0. The summed E-state index contributed by atoms with van der Waals surface area (Å²) in [6.45, 7) is 2.38. The van der Waals surface area contributed by atoms with Gasteiger partial charge in [0.25, 0.3) is 0 Å². The molecule has 0 aliphatic carbocycles. The number of hydrogen-bond acceptors (Lipinski definition) is 3. The van der Waals surface area contributed by atoms with Gasteiger partial charge in [0.05, 0.1) is 5.75 Å². The van der Waals surface area contributed by atoms with E-state index in [0.29, 0.717) is 6.54 Å². The molecule has 1 unspecified atom stereocenters. The van der Waals surface area contributed by atoms with E-state index in [0.717, 1.165) is 17.5 Å². The molecule has 1 atom stereocenters. The van der Waals surface area contributed by atoms with Crippen molar-refractivity contribution < 1.29 is 8.42 Å². The molecule has 0 bridgehead atoms. The van der Waals surface area contributed by atoms with Crippen LogP contribution in [0.25, 0.3) is 0 Å². The van der Waals surface area contributed by atoms with E-state index in [1.807, 2.05) is 79.0 Å². The lowest BCUT2D eigenvalue weighted by molar-refractivity contribution is 0.328. The van der Waals surface area contributed by atoms with Crippen LogP contribution in [-0.2, 0) is 28.7 Å². The maximum atomic E-state index is 13.2. The first-order valence-corrected chi connectivity index (χ1v) is 11.1. The highest BCUT2D eigenvalue weighted by molar-refractivity contribution is 7.88. The zero-order valence-electron chi connectivity index (χ0n) is 14.8. The van der Waals surface area contributed by atoms with Gasteiger partial charge in [-0.3, -0.25) is 0 Å². The molecule has 1 heterocycles. The monoisotopic (exact) mass is 385 g/mol. The van der Waals surface area contributed by atoms with E-state index >= 15 is 0 Å². The number of sulfonamides is 1. The van der Waals surface area contributed by atoms with E-state index in [1.165, 1.54) is 4.88 Å². The van der Waals surface area contributed by atoms with Crippen molar-refractivity contribution in [3.8, 4) is 0 Å². The van der Waals surface area contributed by atoms with Crippen molar-refractivity contribution in [3.05, 3.63) is 94.2 Å². The second-order valence-corrected chi connectivity index (χ2v) is 9.36. The van der Waals surface area contributed by atoms with E-state index in [1.54, 1.807) is 15.6 Å². The topological polar surface area (TPSA) is 37.4 Å². The van der Waals surface area contributed by atoms with Gasteiger partial charge in [-0.15, -0.1) is 11.3 Å². The van der Waals surface area contributed by atoms with Crippen molar-refractivity contribution >= 4 is 21.4 Å². The van der Waals surface area contributed by atoms with Gasteiger partial charge in [-0.2, -0.15) is 4.31 Å². The van der Waals surface area contributed by atoms with Gasteiger partial charge in [-0.25, -0.2) is 8.42 Å². The molecule has 136 valence electrons. The third-order valence-electron chi connectivity index (χ3n) is 4.30. The largest absolute Gasteiger partial charge is 0.218 e. The number of rotatable bonds is 8. The Morgan fingerprint density at radius 1 is 0.885 bits per heavy atom. The zero-order valence-corrected chi connectivity index (χ0v) is 16.4. The molecule has 0 fully saturated rings. The maximum absolute atomic E-state index is 13.2. The predicted octanol–water partition coefficient (Wildman–Crippen LogP) is 4.71. The van der Waals surface area contributed by atoms with E-state index in [4.69, 9.17) is 0 Å². The van der Waals surface area contributed by atoms with Crippen molar-refractivity contribution in [2.75, 3.05) is 0 Å². The Bertz CT molecular complexity index is 892. The van der Waals surface area contributed by atoms with Crippen LogP contribution in [0.1, 0.15) is 22.9 Å². The quantitative estimate of drug-likeness (QED) is 0.563. The Morgan fingerprint density at radius 3 is 2.08 bits per heavy atom. The minimum atomic E-state index is -3.44.